The van der Waals surface area contributed by atoms with Gasteiger partial charge in [0, 0.05) is 19.6 Å². The Balaban J connectivity index is 2.11. The van der Waals surface area contributed by atoms with Crippen LogP contribution in [-0.4, -0.2) is 37.2 Å². The van der Waals surface area contributed by atoms with E-state index >= 15 is 0 Å². The smallest absolute Gasteiger partial charge is 0.0700 e. The monoisotopic (exact) mass is 171 g/mol. The topological polar surface area (TPSA) is 41.3 Å². The van der Waals surface area contributed by atoms with Crippen LogP contribution in [0.15, 0.2) is 0 Å². The molecule has 0 bridgehead atoms. The van der Waals surface area contributed by atoms with E-state index in [9.17, 15) is 0 Å². The molecule has 0 amide bonds. The maximum atomic E-state index is 5.92. The summed E-state index contributed by atoms with van der Waals surface area (Å²) in [7, 11) is 0. The minimum Gasteiger partial charge on any atom is -0.315 e. The van der Waals surface area contributed by atoms with E-state index in [1.807, 2.05) is 0 Å². The molecule has 1 heterocycles. The van der Waals surface area contributed by atoms with E-state index in [0.717, 1.165) is 19.6 Å². The molecular weight excluding hydrogens is 150 g/mol. The van der Waals surface area contributed by atoms with Crippen molar-refractivity contribution in [1.82, 2.24) is 10.2 Å². The van der Waals surface area contributed by atoms with Crippen LogP contribution in [0, 0.1) is 0 Å². The van der Waals surface area contributed by atoms with Gasteiger partial charge >= 0.3 is 0 Å². The highest BCUT2D eigenvalue weighted by atomic mass is 15.3. The molecule has 0 aromatic carbocycles. The van der Waals surface area contributed by atoms with Gasteiger partial charge in [-0.2, -0.15) is 0 Å². The highest BCUT2D eigenvalue weighted by Gasteiger charge is 2.16. The summed E-state index contributed by atoms with van der Waals surface area (Å²) in [6.07, 6.45) is 4.16. The molecule has 0 saturated carbocycles. The van der Waals surface area contributed by atoms with Crippen LogP contribution in [0.5, 0.6) is 0 Å². The first-order chi connectivity index (χ1) is 5.84. The zero-order chi connectivity index (χ0) is 8.81. The maximum absolute atomic E-state index is 5.92. The second-order valence-electron chi connectivity index (χ2n) is 3.51. The van der Waals surface area contributed by atoms with E-state index in [1.165, 1.54) is 25.8 Å². The standard InChI is InChI=1S/C9H21N3/c1-2-3-4-6-12-7-5-11-8-9(12)10/h9,11H,2-8,10H2,1H3. The number of piperazine rings is 1. The lowest BCUT2D eigenvalue weighted by Gasteiger charge is -2.33. The summed E-state index contributed by atoms with van der Waals surface area (Å²) < 4.78 is 0. The Labute approximate surface area is 75.3 Å². The Bertz CT molecular complexity index is 116. The van der Waals surface area contributed by atoms with Crippen LogP contribution in [-0.2, 0) is 0 Å². The largest absolute Gasteiger partial charge is 0.315 e. The predicted molar refractivity (Wildman–Crippen MR) is 51.9 cm³/mol. The van der Waals surface area contributed by atoms with Gasteiger partial charge in [-0.3, -0.25) is 4.90 Å². The molecule has 1 aliphatic rings. The van der Waals surface area contributed by atoms with Gasteiger partial charge in [0.25, 0.3) is 0 Å². The average molecular weight is 171 g/mol. The highest BCUT2D eigenvalue weighted by Crippen LogP contribution is 2.02. The summed E-state index contributed by atoms with van der Waals surface area (Å²) in [5.41, 5.74) is 5.92. The number of nitrogens with zero attached hydrogens (tertiary/aromatic N) is 1. The summed E-state index contributed by atoms with van der Waals surface area (Å²) >= 11 is 0. The highest BCUT2D eigenvalue weighted by molar-refractivity contribution is 4.74. The molecule has 3 heteroatoms. The Morgan fingerprint density at radius 2 is 2.33 bits per heavy atom. The molecule has 1 saturated heterocycles. The molecule has 0 spiro atoms. The molecule has 12 heavy (non-hydrogen) atoms. The summed E-state index contributed by atoms with van der Waals surface area (Å²) in [5, 5.41) is 3.29. The van der Waals surface area contributed by atoms with Crippen molar-refractivity contribution in [1.29, 1.82) is 0 Å². The van der Waals surface area contributed by atoms with E-state index < -0.39 is 0 Å². The van der Waals surface area contributed by atoms with Crippen LogP contribution >= 0.6 is 0 Å². The van der Waals surface area contributed by atoms with Gasteiger partial charge in [-0.1, -0.05) is 19.8 Å². The average Bonchev–Trinajstić information content (AvgIpc) is 2.09. The van der Waals surface area contributed by atoms with Crippen molar-refractivity contribution in [2.75, 3.05) is 26.2 Å². The Hall–Kier alpha value is -0.120. The van der Waals surface area contributed by atoms with E-state index in [-0.39, 0.29) is 6.17 Å². The van der Waals surface area contributed by atoms with Crippen molar-refractivity contribution >= 4 is 0 Å². The van der Waals surface area contributed by atoms with Crippen LogP contribution in [0.2, 0.25) is 0 Å². The summed E-state index contributed by atoms with van der Waals surface area (Å²) in [6.45, 7) is 6.57. The Morgan fingerprint density at radius 3 is 3.00 bits per heavy atom. The summed E-state index contributed by atoms with van der Waals surface area (Å²) in [4.78, 5) is 2.38. The first-order valence-corrected chi connectivity index (χ1v) is 5.05. The first kappa shape index (κ1) is 9.96. The lowest BCUT2D eigenvalue weighted by atomic mass is 10.2. The van der Waals surface area contributed by atoms with Gasteiger partial charge in [0.05, 0.1) is 6.17 Å². The lowest BCUT2D eigenvalue weighted by Crippen LogP contribution is -2.55. The second-order valence-corrected chi connectivity index (χ2v) is 3.51. The minimum atomic E-state index is 0.246. The lowest BCUT2D eigenvalue weighted by molar-refractivity contribution is 0.162. The zero-order valence-electron chi connectivity index (χ0n) is 8.05. The van der Waals surface area contributed by atoms with Crippen LogP contribution in [0.4, 0.5) is 0 Å². The molecule has 1 aliphatic heterocycles. The normalized spacial score (nSPS) is 26.0. The minimum absolute atomic E-state index is 0.246. The van der Waals surface area contributed by atoms with Gasteiger partial charge in [-0.15, -0.1) is 0 Å². The van der Waals surface area contributed by atoms with Crippen molar-refractivity contribution < 1.29 is 0 Å². The molecule has 1 atom stereocenters. The number of hydrogen-bond donors (Lipinski definition) is 2. The molecular formula is C9H21N3. The van der Waals surface area contributed by atoms with Gasteiger partial charge < -0.3 is 11.1 Å². The first-order valence-electron chi connectivity index (χ1n) is 5.05. The SMILES string of the molecule is CCCCCN1CCNCC1N. The quantitative estimate of drug-likeness (QED) is 0.600. The second kappa shape index (κ2) is 5.51. The zero-order valence-corrected chi connectivity index (χ0v) is 8.05. The van der Waals surface area contributed by atoms with Crippen molar-refractivity contribution in [2.24, 2.45) is 5.73 Å². The predicted octanol–water partition coefficient (Wildman–Crippen LogP) is 0.367. The number of unbranched alkanes of at least 4 members (excludes halogenated alkanes) is 2. The summed E-state index contributed by atoms with van der Waals surface area (Å²) in [5.74, 6) is 0. The molecule has 72 valence electrons. The van der Waals surface area contributed by atoms with Crippen LogP contribution in [0.3, 0.4) is 0 Å². The molecule has 0 aromatic rings. The molecule has 1 fully saturated rings. The number of rotatable bonds is 4. The number of nitrogens with one attached hydrogen (secondary N) is 1. The Morgan fingerprint density at radius 1 is 1.50 bits per heavy atom. The van der Waals surface area contributed by atoms with Gasteiger partial charge in [0.1, 0.15) is 0 Å². The molecule has 0 aromatic heterocycles. The van der Waals surface area contributed by atoms with Gasteiger partial charge in [-0.25, -0.2) is 0 Å². The number of hydrogen-bond acceptors (Lipinski definition) is 3. The van der Waals surface area contributed by atoms with E-state index in [1.54, 1.807) is 0 Å². The van der Waals surface area contributed by atoms with E-state index in [4.69, 9.17) is 5.73 Å². The molecule has 0 aliphatic carbocycles. The van der Waals surface area contributed by atoms with Crippen LogP contribution in [0.1, 0.15) is 26.2 Å². The van der Waals surface area contributed by atoms with Gasteiger partial charge in [-0.05, 0) is 13.0 Å². The fourth-order valence-electron chi connectivity index (χ4n) is 1.61. The fraction of sp³-hybridized carbons (Fsp3) is 1.00. The molecule has 3 N–H and O–H groups in total. The van der Waals surface area contributed by atoms with Gasteiger partial charge in [0.15, 0.2) is 0 Å². The number of nitrogens with two attached hydrogens (primary N) is 1. The molecule has 3 nitrogen and oxygen atoms in total. The van der Waals surface area contributed by atoms with Crippen molar-refractivity contribution in [3.8, 4) is 0 Å². The third-order valence-corrected chi connectivity index (χ3v) is 2.45. The summed E-state index contributed by atoms with van der Waals surface area (Å²) in [6, 6.07) is 0. The molecule has 1 unspecified atom stereocenters. The third-order valence-electron chi connectivity index (χ3n) is 2.45. The van der Waals surface area contributed by atoms with Crippen LogP contribution < -0.4 is 11.1 Å². The van der Waals surface area contributed by atoms with E-state index in [2.05, 4.69) is 17.1 Å². The third kappa shape index (κ3) is 3.09. The molecule has 0 radical (unpaired) electrons. The molecule has 1 rings (SSSR count). The van der Waals surface area contributed by atoms with Crippen LogP contribution in [0.25, 0.3) is 0 Å². The van der Waals surface area contributed by atoms with Crippen molar-refractivity contribution in [3.63, 3.8) is 0 Å². The fourth-order valence-corrected chi connectivity index (χ4v) is 1.61. The van der Waals surface area contributed by atoms with Crippen molar-refractivity contribution in [3.05, 3.63) is 0 Å². The Kier molecular flexibility index (Phi) is 4.58. The maximum Gasteiger partial charge on any atom is 0.0700 e. The van der Waals surface area contributed by atoms with E-state index in [0.29, 0.717) is 0 Å². The van der Waals surface area contributed by atoms with Gasteiger partial charge in [0.2, 0.25) is 0 Å². The van der Waals surface area contributed by atoms with Crippen molar-refractivity contribution in [2.45, 2.75) is 32.4 Å².